The summed E-state index contributed by atoms with van der Waals surface area (Å²) in [6.45, 7) is 1.80. The van der Waals surface area contributed by atoms with Gasteiger partial charge in [-0.3, -0.25) is 0 Å². The minimum absolute atomic E-state index is 0.137. The molecule has 15 heavy (non-hydrogen) atoms. The fourth-order valence-corrected chi connectivity index (χ4v) is 1.46. The molecular weight excluding hydrogens is 263 g/mol. The standard InChI is InChI=1S/C9H8BrFN4/c1-5-4-15(14-8(5)12)9-7(11)2-6(10)3-13-9/h2-4H,1H3,(H2,12,14). The van der Waals surface area contributed by atoms with Gasteiger partial charge < -0.3 is 5.73 Å². The summed E-state index contributed by atoms with van der Waals surface area (Å²) in [4.78, 5) is 3.93. The van der Waals surface area contributed by atoms with Crippen LogP contribution in [0.15, 0.2) is 22.9 Å². The Balaban J connectivity index is 2.54. The van der Waals surface area contributed by atoms with Gasteiger partial charge in [-0.2, -0.15) is 0 Å². The van der Waals surface area contributed by atoms with E-state index in [2.05, 4.69) is 26.0 Å². The van der Waals surface area contributed by atoms with Crippen LogP contribution in [-0.2, 0) is 0 Å². The van der Waals surface area contributed by atoms with E-state index in [9.17, 15) is 4.39 Å². The highest BCUT2D eigenvalue weighted by Crippen LogP contribution is 2.17. The van der Waals surface area contributed by atoms with E-state index < -0.39 is 5.82 Å². The van der Waals surface area contributed by atoms with Crippen molar-refractivity contribution in [1.82, 2.24) is 14.8 Å². The van der Waals surface area contributed by atoms with E-state index in [-0.39, 0.29) is 5.82 Å². The summed E-state index contributed by atoms with van der Waals surface area (Å²) >= 11 is 3.13. The number of pyridine rings is 1. The van der Waals surface area contributed by atoms with Crippen molar-refractivity contribution in [1.29, 1.82) is 0 Å². The molecule has 0 radical (unpaired) electrons. The van der Waals surface area contributed by atoms with Crippen molar-refractivity contribution in [2.45, 2.75) is 6.92 Å². The predicted molar refractivity (Wildman–Crippen MR) is 58.2 cm³/mol. The number of aromatic nitrogens is 3. The molecule has 0 fully saturated rings. The molecule has 0 aliphatic heterocycles. The predicted octanol–water partition coefficient (Wildman–Crippen LogP) is 2.06. The van der Waals surface area contributed by atoms with Crippen molar-refractivity contribution in [2.75, 3.05) is 5.73 Å². The van der Waals surface area contributed by atoms with Gasteiger partial charge in [0, 0.05) is 22.4 Å². The Bertz CT molecular complexity index is 489. The highest BCUT2D eigenvalue weighted by Gasteiger charge is 2.09. The van der Waals surface area contributed by atoms with Crippen LogP contribution in [-0.4, -0.2) is 14.8 Å². The quantitative estimate of drug-likeness (QED) is 0.863. The number of hydrogen-bond donors (Lipinski definition) is 1. The van der Waals surface area contributed by atoms with Gasteiger partial charge in [-0.25, -0.2) is 14.1 Å². The van der Waals surface area contributed by atoms with Crippen molar-refractivity contribution in [3.63, 3.8) is 0 Å². The number of anilines is 1. The van der Waals surface area contributed by atoms with Crippen molar-refractivity contribution < 1.29 is 4.39 Å². The second-order valence-corrected chi connectivity index (χ2v) is 4.02. The summed E-state index contributed by atoms with van der Waals surface area (Å²) in [7, 11) is 0. The van der Waals surface area contributed by atoms with Crippen LogP contribution in [0.4, 0.5) is 10.2 Å². The molecule has 78 valence electrons. The van der Waals surface area contributed by atoms with Gasteiger partial charge in [0.15, 0.2) is 11.6 Å². The molecule has 2 rings (SSSR count). The SMILES string of the molecule is Cc1cn(-c2ncc(Br)cc2F)nc1N. The van der Waals surface area contributed by atoms with E-state index >= 15 is 0 Å². The van der Waals surface area contributed by atoms with E-state index in [1.54, 1.807) is 13.1 Å². The van der Waals surface area contributed by atoms with E-state index in [4.69, 9.17) is 5.73 Å². The number of hydrogen-bond acceptors (Lipinski definition) is 3. The third-order valence-corrected chi connectivity index (χ3v) is 2.37. The molecule has 0 aliphatic rings. The molecule has 0 saturated heterocycles. The Hall–Kier alpha value is -1.43. The lowest BCUT2D eigenvalue weighted by Crippen LogP contribution is -2.02. The Morgan fingerprint density at radius 3 is 2.80 bits per heavy atom. The number of halogens is 2. The maximum atomic E-state index is 13.5. The van der Waals surface area contributed by atoms with Crippen LogP contribution < -0.4 is 5.73 Å². The molecule has 0 bridgehead atoms. The Labute approximate surface area is 94.1 Å². The van der Waals surface area contributed by atoms with Gasteiger partial charge in [0.2, 0.25) is 0 Å². The second kappa shape index (κ2) is 3.62. The molecule has 0 spiro atoms. The topological polar surface area (TPSA) is 56.7 Å². The molecule has 2 heterocycles. The third kappa shape index (κ3) is 1.85. The summed E-state index contributed by atoms with van der Waals surface area (Å²) in [5, 5.41) is 3.95. The zero-order valence-corrected chi connectivity index (χ0v) is 9.49. The molecule has 0 atom stereocenters. The van der Waals surface area contributed by atoms with Gasteiger partial charge in [-0.15, -0.1) is 5.10 Å². The summed E-state index contributed by atoms with van der Waals surface area (Å²) in [6.07, 6.45) is 3.14. The number of nitrogens with zero attached hydrogens (tertiary/aromatic N) is 3. The molecule has 6 heteroatoms. The first kappa shape index (κ1) is 10.1. The van der Waals surface area contributed by atoms with E-state index in [1.807, 2.05) is 0 Å². The van der Waals surface area contributed by atoms with Gasteiger partial charge >= 0.3 is 0 Å². The molecule has 0 aliphatic carbocycles. The van der Waals surface area contributed by atoms with E-state index in [1.165, 1.54) is 16.9 Å². The minimum atomic E-state index is -0.452. The van der Waals surface area contributed by atoms with Crippen LogP contribution in [0.3, 0.4) is 0 Å². The molecule has 0 unspecified atom stereocenters. The zero-order chi connectivity index (χ0) is 11.0. The van der Waals surface area contributed by atoms with Crippen LogP contribution in [0, 0.1) is 12.7 Å². The van der Waals surface area contributed by atoms with Crippen LogP contribution in [0.5, 0.6) is 0 Å². The van der Waals surface area contributed by atoms with Crippen molar-refractivity contribution >= 4 is 21.7 Å². The van der Waals surface area contributed by atoms with Crippen molar-refractivity contribution in [2.24, 2.45) is 0 Å². The third-order valence-electron chi connectivity index (χ3n) is 1.94. The maximum absolute atomic E-state index is 13.5. The maximum Gasteiger partial charge on any atom is 0.189 e. The first-order chi connectivity index (χ1) is 7.08. The molecule has 0 amide bonds. The Morgan fingerprint density at radius 2 is 2.27 bits per heavy atom. The number of nitrogens with two attached hydrogens (primary N) is 1. The van der Waals surface area contributed by atoms with Gasteiger partial charge in [0.1, 0.15) is 5.82 Å². The highest BCUT2D eigenvalue weighted by molar-refractivity contribution is 9.10. The lowest BCUT2D eigenvalue weighted by atomic mass is 10.4. The molecule has 2 N–H and O–H groups in total. The van der Waals surface area contributed by atoms with Crippen LogP contribution in [0.25, 0.3) is 5.82 Å². The summed E-state index contributed by atoms with van der Waals surface area (Å²) < 4.78 is 15.4. The van der Waals surface area contributed by atoms with E-state index in [0.29, 0.717) is 10.3 Å². The normalized spacial score (nSPS) is 10.6. The highest BCUT2D eigenvalue weighted by atomic mass is 79.9. The van der Waals surface area contributed by atoms with Gasteiger partial charge in [0.25, 0.3) is 0 Å². The van der Waals surface area contributed by atoms with Gasteiger partial charge in [-0.05, 0) is 28.9 Å². The largest absolute Gasteiger partial charge is 0.382 e. The summed E-state index contributed by atoms with van der Waals surface area (Å²) in [5.41, 5.74) is 6.36. The zero-order valence-electron chi connectivity index (χ0n) is 7.91. The average molecular weight is 271 g/mol. The molecule has 2 aromatic rings. The van der Waals surface area contributed by atoms with Crippen molar-refractivity contribution in [3.8, 4) is 5.82 Å². The van der Waals surface area contributed by atoms with Crippen LogP contribution in [0.2, 0.25) is 0 Å². The molecule has 4 nitrogen and oxygen atoms in total. The van der Waals surface area contributed by atoms with Crippen LogP contribution >= 0.6 is 15.9 Å². The lowest BCUT2D eigenvalue weighted by molar-refractivity contribution is 0.600. The summed E-state index contributed by atoms with van der Waals surface area (Å²) in [6, 6.07) is 1.33. The molecule has 0 saturated carbocycles. The fourth-order valence-electron chi connectivity index (χ4n) is 1.16. The van der Waals surface area contributed by atoms with Gasteiger partial charge in [-0.1, -0.05) is 0 Å². The van der Waals surface area contributed by atoms with Crippen LogP contribution in [0.1, 0.15) is 5.56 Å². The molecule has 0 aromatic carbocycles. The number of rotatable bonds is 1. The number of nitrogen functional groups attached to an aromatic ring is 1. The minimum Gasteiger partial charge on any atom is -0.382 e. The first-order valence-electron chi connectivity index (χ1n) is 4.21. The Morgan fingerprint density at radius 1 is 1.53 bits per heavy atom. The van der Waals surface area contributed by atoms with Crippen molar-refractivity contribution in [3.05, 3.63) is 34.3 Å². The number of aryl methyl sites for hydroxylation is 1. The van der Waals surface area contributed by atoms with E-state index in [0.717, 1.165) is 5.56 Å². The molecule has 2 aromatic heterocycles. The first-order valence-corrected chi connectivity index (χ1v) is 5.00. The summed E-state index contributed by atoms with van der Waals surface area (Å²) in [5.74, 6) is 0.0593. The fraction of sp³-hybridized carbons (Fsp3) is 0.111. The second-order valence-electron chi connectivity index (χ2n) is 3.10. The monoisotopic (exact) mass is 270 g/mol. The average Bonchev–Trinajstić information content (AvgIpc) is 2.46. The molecular formula is C9H8BrFN4. The Kier molecular flexibility index (Phi) is 2.44. The lowest BCUT2D eigenvalue weighted by Gasteiger charge is -2.01. The smallest absolute Gasteiger partial charge is 0.189 e. The van der Waals surface area contributed by atoms with Gasteiger partial charge in [0.05, 0.1) is 0 Å².